The Balaban J connectivity index is 2.00. The summed E-state index contributed by atoms with van der Waals surface area (Å²) in [6, 6.07) is 11.3. The lowest BCUT2D eigenvalue weighted by atomic mass is 9.87. The molecule has 0 spiro atoms. The third-order valence-electron chi connectivity index (χ3n) is 5.19. The van der Waals surface area contributed by atoms with Crippen molar-refractivity contribution < 1.29 is 28.6 Å². The van der Waals surface area contributed by atoms with E-state index in [0.29, 0.717) is 22.8 Å². The minimum atomic E-state index is -1.22. The third-order valence-corrected chi connectivity index (χ3v) is 5.19. The van der Waals surface area contributed by atoms with Crippen LogP contribution in [0.15, 0.2) is 48.7 Å². The molecule has 0 aliphatic carbocycles. The van der Waals surface area contributed by atoms with Crippen LogP contribution in [0.2, 0.25) is 0 Å². The number of methoxy groups -OCH3 is 2. The molecule has 0 unspecified atom stereocenters. The molecule has 2 aromatic carbocycles. The molecule has 1 amide bonds. The molecule has 8 heteroatoms. The van der Waals surface area contributed by atoms with Crippen molar-refractivity contribution in [1.29, 1.82) is 0 Å². The van der Waals surface area contributed by atoms with E-state index in [1.54, 1.807) is 36.4 Å². The van der Waals surface area contributed by atoms with Crippen molar-refractivity contribution in [2.45, 2.75) is 12.3 Å². The monoisotopic (exact) mass is 410 g/mol. The van der Waals surface area contributed by atoms with E-state index >= 15 is 0 Å². The zero-order valence-corrected chi connectivity index (χ0v) is 16.3. The number of aromatic nitrogens is 1. The number of carbonyl (C=O) groups is 2. The molecule has 2 N–H and O–H groups in total. The van der Waals surface area contributed by atoms with E-state index in [-0.39, 0.29) is 29.3 Å². The third kappa shape index (κ3) is 3.16. The van der Waals surface area contributed by atoms with Gasteiger partial charge in [-0.15, -0.1) is 0 Å². The van der Waals surface area contributed by atoms with Gasteiger partial charge in [-0.05, 0) is 18.2 Å². The first kappa shape index (κ1) is 19.5. The number of carboxylic acid groups (broad SMARTS) is 1. The van der Waals surface area contributed by atoms with Crippen LogP contribution in [0, 0.1) is 5.82 Å². The summed E-state index contributed by atoms with van der Waals surface area (Å²) in [6.07, 6.45) is 1.38. The number of hydrogen-bond acceptors (Lipinski definition) is 4. The summed E-state index contributed by atoms with van der Waals surface area (Å²) in [6.45, 7) is 0. The number of nitrogens with zero attached hydrogens (tertiary/aromatic N) is 1. The van der Waals surface area contributed by atoms with E-state index in [1.807, 2.05) is 0 Å². The molecular weight excluding hydrogens is 391 g/mol. The number of carboxylic acids is 1. The molecule has 0 saturated carbocycles. The highest BCUT2D eigenvalue weighted by atomic mass is 19.1. The zero-order chi connectivity index (χ0) is 21.4. The van der Waals surface area contributed by atoms with Gasteiger partial charge in [0.15, 0.2) is 0 Å². The lowest BCUT2D eigenvalue weighted by Crippen LogP contribution is -2.26. The number of amides is 1. The van der Waals surface area contributed by atoms with Gasteiger partial charge in [0.1, 0.15) is 22.9 Å². The highest BCUT2D eigenvalue weighted by Crippen LogP contribution is 2.45. The highest BCUT2D eigenvalue weighted by molar-refractivity contribution is 6.04. The first-order valence-electron chi connectivity index (χ1n) is 9.19. The van der Waals surface area contributed by atoms with Gasteiger partial charge in [-0.2, -0.15) is 0 Å². The number of halogens is 1. The summed E-state index contributed by atoms with van der Waals surface area (Å²) in [5.74, 6) is -1.56. The molecule has 0 bridgehead atoms. The van der Waals surface area contributed by atoms with Gasteiger partial charge in [0.05, 0.1) is 31.3 Å². The van der Waals surface area contributed by atoms with Crippen LogP contribution in [0.5, 0.6) is 11.5 Å². The summed E-state index contributed by atoms with van der Waals surface area (Å²) in [4.78, 5) is 24.3. The second-order valence-corrected chi connectivity index (χ2v) is 6.84. The van der Waals surface area contributed by atoms with Gasteiger partial charge in [0, 0.05) is 30.2 Å². The van der Waals surface area contributed by atoms with E-state index < -0.39 is 17.7 Å². The van der Waals surface area contributed by atoms with Gasteiger partial charge in [-0.1, -0.05) is 18.2 Å². The van der Waals surface area contributed by atoms with Crippen molar-refractivity contribution in [1.82, 2.24) is 4.57 Å². The van der Waals surface area contributed by atoms with E-state index in [4.69, 9.17) is 9.47 Å². The Bertz CT molecular complexity index is 1150. The zero-order valence-electron chi connectivity index (χ0n) is 16.3. The highest BCUT2D eigenvalue weighted by Gasteiger charge is 2.36. The lowest BCUT2D eigenvalue weighted by Gasteiger charge is -2.27. The average Bonchev–Trinajstić information content (AvgIpc) is 3.12. The number of nitrogens with one attached hydrogen (secondary N) is 1. The SMILES string of the molecule is COc1ccc([C@@H]2CC(=O)Nc3c(C(=O)O)cn(-c4ccccc4F)c32)c(OC)c1. The maximum atomic E-state index is 14.6. The second kappa shape index (κ2) is 7.55. The number of para-hydroxylation sites is 1. The van der Waals surface area contributed by atoms with Crippen LogP contribution in [0.25, 0.3) is 5.69 Å². The van der Waals surface area contributed by atoms with E-state index in [2.05, 4.69) is 5.32 Å². The predicted octanol–water partition coefficient (Wildman–Crippen LogP) is 3.81. The molecule has 154 valence electrons. The summed E-state index contributed by atoms with van der Waals surface area (Å²) in [7, 11) is 3.03. The average molecular weight is 410 g/mol. The molecule has 0 saturated heterocycles. The Hall–Kier alpha value is -3.81. The molecule has 1 aromatic heterocycles. The molecular formula is C22H19FN2O5. The first-order chi connectivity index (χ1) is 14.4. The van der Waals surface area contributed by atoms with Crippen molar-refractivity contribution in [2.75, 3.05) is 19.5 Å². The fourth-order valence-corrected chi connectivity index (χ4v) is 3.84. The van der Waals surface area contributed by atoms with Crippen LogP contribution < -0.4 is 14.8 Å². The van der Waals surface area contributed by atoms with E-state index in [1.165, 1.54) is 31.0 Å². The Morgan fingerprint density at radius 3 is 2.63 bits per heavy atom. The van der Waals surface area contributed by atoms with Crippen LogP contribution in [-0.2, 0) is 4.79 Å². The van der Waals surface area contributed by atoms with Crippen molar-refractivity contribution >= 4 is 17.6 Å². The van der Waals surface area contributed by atoms with Gasteiger partial charge >= 0.3 is 5.97 Å². The molecule has 2 heterocycles. The number of carbonyl (C=O) groups excluding carboxylic acids is 1. The van der Waals surface area contributed by atoms with Crippen molar-refractivity contribution in [3.8, 4) is 17.2 Å². The first-order valence-corrected chi connectivity index (χ1v) is 9.19. The predicted molar refractivity (Wildman–Crippen MR) is 107 cm³/mol. The molecule has 4 rings (SSSR count). The summed E-state index contributed by atoms with van der Waals surface area (Å²) >= 11 is 0. The van der Waals surface area contributed by atoms with Crippen LogP contribution in [0.4, 0.5) is 10.1 Å². The minimum absolute atomic E-state index is 0.0488. The Morgan fingerprint density at radius 1 is 1.20 bits per heavy atom. The minimum Gasteiger partial charge on any atom is -0.497 e. The van der Waals surface area contributed by atoms with Gasteiger partial charge < -0.3 is 24.5 Å². The van der Waals surface area contributed by atoms with Crippen molar-refractivity contribution in [3.63, 3.8) is 0 Å². The van der Waals surface area contributed by atoms with Crippen LogP contribution >= 0.6 is 0 Å². The smallest absolute Gasteiger partial charge is 0.339 e. The Kier molecular flexibility index (Phi) is 4.91. The van der Waals surface area contributed by atoms with Gasteiger partial charge in [-0.3, -0.25) is 4.79 Å². The summed E-state index contributed by atoms with van der Waals surface area (Å²) in [5, 5.41) is 12.3. The molecule has 30 heavy (non-hydrogen) atoms. The number of anilines is 1. The Labute approximate surface area is 171 Å². The number of benzene rings is 2. The number of hydrogen-bond donors (Lipinski definition) is 2. The standard InChI is InChI=1S/C22H19FN2O5/c1-29-12-7-8-13(18(9-12)30-2)14-10-19(26)24-20-15(22(27)28)11-25(21(14)20)17-6-4-3-5-16(17)23/h3-9,11,14H,10H2,1-2H3,(H,24,26)(H,27,28)/t14-/m0/s1. The quantitative estimate of drug-likeness (QED) is 0.668. The number of ether oxygens (including phenoxy) is 2. The fraction of sp³-hybridized carbons (Fsp3) is 0.182. The van der Waals surface area contributed by atoms with Crippen LogP contribution in [-0.4, -0.2) is 35.8 Å². The van der Waals surface area contributed by atoms with Crippen molar-refractivity contribution in [3.05, 3.63) is 71.3 Å². The van der Waals surface area contributed by atoms with Gasteiger partial charge in [0.2, 0.25) is 5.91 Å². The largest absolute Gasteiger partial charge is 0.497 e. The molecule has 7 nitrogen and oxygen atoms in total. The molecule has 3 aromatic rings. The number of fused-ring (bicyclic) bond motifs is 1. The molecule has 1 aliphatic rings. The van der Waals surface area contributed by atoms with Crippen LogP contribution in [0.3, 0.4) is 0 Å². The maximum absolute atomic E-state index is 14.6. The fourth-order valence-electron chi connectivity index (χ4n) is 3.84. The van der Waals surface area contributed by atoms with Gasteiger partial charge in [-0.25, -0.2) is 9.18 Å². The van der Waals surface area contributed by atoms with E-state index in [9.17, 15) is 19.1 Å². The summed E-state index contributed by atoms with van der Waals surface area (Å²) < 4.78 is 26.8. The topological polar surface area (TPSA) is 89.8 Å². The summed E-state index contributed by atoms with van der Waals surface area (Å²) in [5.41, 5.74) is 1.38. The second-order valence-electron chi connectivity index (χ2n) is 6.84. The van der Waals surface area contributed by atoms with Crippen molar-refractivity contribution in [2.24, 2.45) is 0 Å². The lowest BCUT2D eigenvalue weighted by molar-refractivity contribution is -0.116. The molecule has 1 aliphatic heterocycles. The maximum Gasteiger partial charge on any atom is 0.339 e. The molecule has 1 atom stereocenters. The molecule has 0 radical (unpaired) electrons. The molecule has 0 fully saturated rings. The Morgan fingerprint density at radius 2 is 1.97 bits per heavy atom. The number of aromatic carboxylic acids is 1. The van der Waals surface area contributed by atoms with Crippen LogP contribution in [0.1, 0.15) is 34.0 Å². The van der Waals surface area contributed by atoms with Gasteiger partial charge in [0.25, 0.3) is 0 Å². The normalized spacial score (nSPS) is 15.3. The van der Waals surface area contributed by atoms with E-state index in [0.717, 1.165) is 0 Å². The number of rotatable bonds is 5.